The first-order chi connectivity index (χ1) is 13.3. The van der Waals surface area contributed by atoms with E-state index in [1.807, 2.05) is 0 Å². The Hall–Kier alpha value is -0.0400. The molecule has 10 atom stereocenters. The van der Waals surface area contributed by atoms with Crippen LogP contribution in [0.5, 0.6) is 0 Å². The quantitative estimate of drug-likeness (QED) is 0.446. The number of rotatable bonds is 5. The summed E-state index contributed by atoms with van der Waals surface area (Å²) < 4.78 is 6.02. The first-order valence-electron chi connectivity index (χ1n) is 13.0. The molecule has 1 nitrogen and oxygen atoms in total. The van der Waals surface area contributed by atoms with Gasteiger partial charge in [0.1, 0.15) is 0 Å². The van der Waals surface area contributed by atoms with Gasteiger partial charge < -0.3 is 4.74 Å². The third-order valence-electron chi connectivity index (χ3n) is 11.1. The third-order valence-corrected chi connectivity index (χ3v) is 11.1. The Morgan fingerprint density at radius 2 is 1.64 bits per heavy atom. The van der Waals surface area contributed by atoms with Crippen molar-refractivity contribution < 1.29 is 4.74 Å². The highest BCUT2D eigenvalue weighted by Crippen LogP contribution is 2.69. The number of hydrogen-bond acceptors (Lipinski definition) is 1. The van der Waals surface area contributed by atoms with Crippen LogP contribution >= 0.6 is 0 Å². The maximum atomic E-state index is 6.02. The van der Waals surface area contributed by atoms with Crippen LogP contribution in [0.4, 0.5) is 0 Å². The molecule has 5 rings (SSSR count). The molecule has 1 saturated heterocycles. The fourth-order valence-electron chi connectivity index (χ4n) is 9.54. The second kappa shape index (κ2) is 7.00. The van der Waals surface area contributed by atoms with Crippen LogP contribution in [-0.2, 0) is 4.74 Å². The molecular weight excluding hydrogens is 340 g/mol. The average Bonchev–Trinajstić information content (AvgIpc) is 3.27. The van der Waals surface area contributed by atoms with Crippen molar-refractivity contribution in [1.29, 1.82) is 0 Å². The summed E-state index contributed by atoms with van der Waals surface area (Å²) in [7, 11) is 0. The monoisotopic (exact) mass is 386 g/mol. The zero-order valence-corrected chi connectivity index (χ0v) is 19.4. The lowest BCUT2D eigenvalue weighted by molar-refractivity contribution is -0.110. The highest BCUT2D eigenvalue weighted by Gasteiger charge is 2.63. The summed E-state index contributed by atoms with van der Waals surface area (Å²) in [6.45, 7) is 12.8. The zero-order valence-electron chi connectivity index (χ0n) is 19.4. The van der Waals surface area contributed by atoms with Gasteiger partial charge in [0.25, 0.3) is 0 Å². The van der Waals surface area contributed by atoms with Gasteiger partial charge in [0.15, 0.2) is 0 Å². The fraction of sp³-hybridized carbons (Fsp3) is 1.00. The summed E-state index contributed by atoms with van der Waals surface area (Å²) in [6.07, 6.45) is 17.6. The maximum Gasteiger partial charge on any atom is 0.0847 e. The van der Waals surface area contributed by atoms with Gasteiger partial charge in [0, 0.05) is 0 Å². The summed E-state index contributed by atoms with van der Waals surface area (Å²) in [5.74, 6) is 6.84. The summed E-state index contributed by atoms with van der Waals surface area (Å²) in [5, 5.41) is 0. The third kappa shape index (κ3) is 3.04. The summed E-state index contributed by atoms with van der Waals surface area (Å²) >= 11 is 0. The van der Waals surface area contributed by atoms with Gasteiger partial charge in [-0.15, -0.1) is 0 Å². The first-order valence-corrected chi connectivity index (χ1v) is 13.0. The van der Waals surface area contributed by atoms with E-state index in [1.165, 1.54) is 64.2 Å². The smallest absolute Gasteiger partial charge is 0.0847 e. The Morgan fingerprint density at radius 1 is 0.857 bits per heavy atom. The van der Waals surface area contributed by atoms with E-state index >= 15 is 0 Å². The number of fused-ring (bicyclic) bond motifs is 6. The van der Waals surface area contributed by atoms with Crippen molar-refractivity contribution in [3.05, 3.63) is 0 Å². The lowest BCUT2D eigenvalue weighted by Gasteiger charge is -2.60. The Bertz CT molecular complexity index is 583. The molecule has 4 aliphatic carbocycles. The lowest BCUT2D eigenvalue weighted by Crippen LogP contribution is -2.54. The standard InChI is InChI=1S/C27H46O/c1-17(2)7-6-8-18(3)21-11-12-22-20-10-9-19-15-24-25(28-24)16-27(19,5)23(20)13-14-26(21,22)4/h17-25H,6-16H2,1-5H3/t18-,19-,20+,21-,22-,23+,24-,25+,26+,27-/m0/s1. The van der Waals surface area contributed by atoms with E-state index < -0.39 is 0 Å². The van der Waals surface area contributed by atoms with Crippen LogP contribution in [0.2, 0.25) is 0 Å². The van der Waals surface area contributed by atoms with Gasteiger partial charge in [0.05, 0.1) is 12.2 Å². The minimum atomic E-state index is 0.600. The van der Waals surface area contributed by atoms with Crippen molar-refractivity contribution in [1.82, 2.24) is 0 Å². The normalized spacial score (nSPS) is 53.1. The fourth-order valence-corrected chi connectivity index (χ4v) is 9.54. The predicted molar refractivity (Wildman–Crippen MR) is 117 cm³/mol. The summed E-state index contributed by atoms with van der Waals surface area (Å²) in [6, 6.07) is 0. The number of ether oxygens (including phenoxy) is 1. The topological polar surface area (TPSA) is 12.5 Å². The molecule has 1 heterocycles. The van der Waals surface area contributed by atoms with Crippen LogP contribution < -0.4 is 0 Å². The van der Waals surface area contributed by atoms with Crippen LogP contribution in [0.3, 0.4) is 0 Å². The average molecular weight is 387 g/mol. The second-order valence-electron chi connectivity index (χ2n) is 12.8. The molecule has 1 heteroatoms. The van der Waals surface area contributed by atoms with Gasteiger partial charge in [0.2, 0.25) is 0 Å². The van der Waals surface area contributed by atoms with Crippen molar-refractivity contribution in [2.24, 2.45) is 52.3 Å². The van der Waals surface area contributed by atoms with E-state index in [1.54, 1.807) is 6.42 Å². The van der Waals surface area contributed by atoms with Crippen molar-refractivity contribution in [2.45, 2.75) is 117 Å². The SMILES string of the molecule is CC(C)CCC[C@H](C)[C@@H]1CC[C@H]2[C@H]3CC[C@H]4C[C@@H]5O[C@@H]5C[C@]4(C)[C@@H]3CC[C@@]21C. The molecule has 0 aromatic rings. The van der Waals surface area contributed by atoms with Crippen molar-refractivity contribution in [3.63, 3.8) is 0 Å². The van der Waals surface area contributed by atoms with Gasteiger partial charge in [-0.25, -0.2) is 0 Å². The molecule has 0 N–H and O–H groups in total. The van der Waals surface area contributed by atoms with Gasteiger partial charge in [-0.2, -0.15) is 0 Å². The van der Waals surface area contributed by atoms with Gasteiger partial charge in [-0.3, -0.25) is 0 Å². The molecule has 0 aromatic carbocycles. The Morgan fingerprint density at radius 3 is 2.43 bits per heavy atom. The number of epoxide rings is 1. The van der Waals surface area contributed by atoms with E-state index in [0.29, 0.717) is 23.0 Å². The van der Waals surface area contributed by atoms with Crippen molar-refractivity contribution >= 4 is 0 Å². The molecule has 0 bridgehead atoms. The van der Waals surface area contributed by atoms with E-state index in [2.05, 4.69) is 34.6 Å². The molecule has 160 valence electrons. The zero-order chi connectivity index (χ0) is 19.7. The molecule has 0 spiro atoms. The molecule has 5 aliphatic rings. The maximum absolute atomic E-state index is 6.02. The van der Waals surface area contributed by atoms with E-state index in [0.717, 1.165) is 41.4 Å². The molecule has 5 fully saturated rings. The summed E-state index contributed by atoms with van der Waals surface area (Å²) in [4.78, 5) is 0. The molecular formula is C27H46O. The molecule has 1 aliphatic heterocycles. The highest BCUT2D eigenvalue weighted by atomic mass is 16.6. The van der Waals surface area contributed by atoms with Crippen molar-refractivity contribution in [3.8, 4) is 0 Å². The molecule has 0 radical (unpaired) electrons. The van der Waals surface area contributed by atoms with Crippen molar-refractivity contribution in [2.75, 3.05) is 0 Å². The highest BCUT2D eigenvalue weighted by molar-refractivity contribution is 5.12. The van der Waals surface area contributed by atoms with Crippen LogP contribution in [-0.4, -0.2) is 12.2 Å². The van der Waals surface area contributed by atoms with Crippen LogP contribution in [0, 0.1) is 52.3 Å². The van der Waals surface area contributed by atoms with E-state index in [9.17, 15) is 0 Å². The van der Waals surface area contributed by atoms with Gasteiger partial charge in [-0.05, 0) is 104 Å². The predicted octanol–water partition coefficient (Wildman–Crippen LogP) is 7.49. The lowest BCUT2D eigenvalue weighted by atomic mass is 9.44. The van der Waals surface area contributed by atoms with E-state index in [-0.39, 0.29) is 0 Å². The van der Waals surface area contributed by atoms with Crippen LogP contribution in [0.15, 0.2) is 0 Å². The second-order valence-corrected chi connectivity index (χ2v) is 12.8. The Kier molecular flexibility index (Phi) is 4.97. The number of hydrogen-bond donors (Lipinski definition) is 0. The van der Waals surface area contributed by atoms with E-state index in [4.69, 9.17) is 4.74 Å². The van der Waals surface area contributed by atoms with Crippen LogP contribution in [0.1, 0.15) is 105 Å². The minimum absolute atomic E-state index is 0.600. The minimum Gasteiger partial charge on any atom is -0.370 e. The van der Waals surface area contributed by atoms with Gasteiger partial charge >= 0.3 is 0 Å². The summed E-state index contributed by atoms with van der Waals surface area (Å²) in [5.41, 5.74) is 1.25. The van der Waals surface area contributed by atoms with Crippen LogP contribution in [0.25, 0.3) is 0 Å². The largest absolute Gasteiger partial charge is 0.370 e. The van der Waals surface area contributed by atoms with Gasteiger partial charge in [-0.1, -0.05) is 53.9 Å². The molecule has 4 saturated carbocycles. The molecule has 28 heavy (non-hydrogen) atoms. The Balaban J connectivity index is 1.30. The molecule has 0 unspecified atom stereocenters. The Labute approximate surface area is 174 Å². The molecule has 0 aromatic heterocycles. The molecule has 0 amide bonds. The first kappa shape index (κ1) is 19.9.